The average molecular weight is 371 g/mol. The zero-order valence-electron chi connectivity index (χ0n) is 11.5. The molecule has 2 rings (SSSR count). The van der Waals surface area contributed by atoms with Crippen molar-refractivity contribution in [3.63, 3.8) is 0 Å². The number of halogens is 9. The number of benzene rings is 1. The number of nitriles is 1. The molecule has 1 aromatic carbocycles. The Kier molecular flexibility index (Phi) is 4.61. The maximum Gasteiger partial charge on any atom is 0.422 e. The van der Waals surface area contributed by atoms with Gasteiger partial charge in [0.15, 0.2) is 29.1 Å². The van der Waals surface area contributed by atoms with Gasteiger partial charge in [0.1, 0.15) is 5.56 Å². The molecule has 25 heavy (non-hydrogen) atoms. The number of alkyl halides is 3. The standard InChI is InChI=1S/C13H2F9N3/c14-6-4(7(15)9(17)5(8(6)16)13(20,21)22)12-24-10(18)3(1-2-23)11(19)25-12/h1H2. The van der Waals surface area contributed by atoms with Crippen LogP contribution in [0.25, 0.3) is 11.4 Å². The Labute approximate surface area is 132 Å². The molecule has 1 heterocycles. The largest absolute Gasteiger partial charge is 0.422 e. The van der Waals surface area contributed by atoms with E-state index in [0.29, 0.717) is 0 Å². The maximum atomic E-state index is 13.8. The van der Waals surface area contributed by atoms with E-state index in [4.69, 9.17) is 5.26 Å². The molecule has 0 saturated heterocycles. The molecule has 0 saturated carbocycles. The van der Waals surface area contributed by atoms with Crippen LogP contribution in [0.4, 0.5) is 39.5 Å². The monoisotopic (exact) mass is 371 g/mol. The molecular formula is C13H2F9N3. The van der Waals surface area contributed by atoms with E-state index in [2.05, 4.69) is 9.97 Å². The summed E-state index contributed by atoms with van der Waals surface area (Å²) >= 11 is 0. The van der Waals surface area contributed by atoms with Gasteiger partial charge < -0.3 is 0 Å². The number of rotatable bonds is 2. The maximum absolute atomic E-state index is 13.8. The van der Waals surface area contributed by atoms with Crippen molar-refractivity contribution in [1.82, 2.24) is 9.97 Å². The third-order valence-corrected chi connectivity index (χ3v) is 2.93. The van der Waals surface area contributed by atoms with Crippen LogP contribution in [-0.2, 0) is 12.6 Å². The summed E-state index contributed by atoms with van der Waals surface area (Å²) in [6.45, 7) is 0. The van der Waals surface area contributed by atoms with Crippen LogP contribution in [0, 0.1) is 46.5 Å². The predicted octanol–water partition coefficient (Wildman–Crippen LogP) is 4.06. The third-order valence-electron chi connectivity index (χ3n) is 2.93. The molecule has 0 bridgehead atoms. The zero-order valence-corrected chi connectivity index (χ0v) is 11.5. The summed E-state index contributed by atoms with van der Waals surface area (Å²) in [6.07, 6.45) is -6.65. The van der Waals surface area contributed by atoms with Crippen molar-refractivity contribution in [2.45, 2.75) is 12.6 Å². The van der Waals surface area contributed by atoms with Crippen LogP contribution >= 0.6 is 0 Å². The average Bonchev–Trinajstić information content (AvgIpc) is 2.48. The highest BCUT2D eigenvalue weighted by molar-refractivity contribution is 5.59. The minimum absolute atomic E-state index is 0.876. The summed E-state index contributed by atoms with van der Waals surface area (Å²) in [7, 11) is 0. The first kappa shape index (κ1) is 18.5. The van der Waals surface area contributed by atoms with Gasteiger partial charge in [-0.2, -0.15) is 37.2 Å². The normalized spacial score (nSPS) is 11.5. The molecule has 0 amide bonds. The van der Waals surface area contributed by atoms with Crippen LogP contribution in [0.2, 0.25) is 0 Å². The highest BCUT2D eigenvalue weighted by atomic mass is 19.4. The fourth-order valence-electron chi connectivity index (χ4n) is 1.84. The number of nitrogens with zero attached hydrogens (tertiary/aromatic N) is 3. The van der Waals surface area contributed by atoms with Gasteiger partial charge in [-0.05, 0) is 0 Å². The smallest absolute Gasteiger partial charge is 0.203 e. The van der Waals surface area contributed by atoms with Crippen LogP contribution < -0.4 is 0 Å². The van der Waals surface area contributed by atoms with Crippen LogP contribution in [-0.4, -0.2) is 9.97 Å². The predicted molar refractivity (Wildman–Crippen MR) is 61.5 cm³/mol. The van der Waals surface area contributed by atoms with Crippen molar-refractivity contribution in [1.29, 1.82) is 5.26 Å². The van der Waals surface area contributed by atoms with Crippen molar-refractivity contribution < 1.29 is 39.5 Å². The lowest BCUT2D eigenvalue weighted by molar-refractivity contribution is -0.143. The molecule has 132 valence electrons. The van der Waals surface area contributed by atoms with Crippen molar-refractivity contribution in [2.24, 2.45) is 0 Å². The molecule has 1 aromatic heterocycles. The summed E-state index contributed by atoms with van der Waals surface area (Å²) < 4.78 is 119. The van der Waals surface area contributed by atoms with E-state index in [-0.39, 0.29) is 0 Å². The van der Waals surface area contributed by atoms with Crippen molar-refractivity contribution in [3.8, 4) is 17.5 Å². The van der Waals surface area contributed by atoms with Crippen LogP contribution in [0.15, 0.2) is 0 Å². The Balaban J connectivity index is 2.81. The van der Waals surface area contributed by atoms with Gasteiger partial charge in [0.05, 0.1) is 23.6 Å². The van der Waals surface area contributed by atoms with Crippen molar-refractivity contribution in [2.75, 3.05) is 0 Å². The van der Waals surface area contributed by atoms with Crippen LogP contribution in [0.3, 0.4) is 0 Å². The quantitative estimate of drug-likeness (QED) is 0.455. The first-order valence-electron chi connectivity index (χ1n) is 6.03. The molecule has 0 N–H and O–H groups in total. The topological polar surface area (TPSA) is 49.6 Å². The number of hydrogen-bond donors (Lipinski definition) is 0. The molecule has 0 spiro atoms. The Morgan fingerprint density at radius 1 is 0.800 bits per heavy atom. The van der Waals surface area contributed by atoms with E-state index < -0.39 is 70.3 Å². The third kappa shape index (κ3) is 3.09. The minimum Gasteiger partial charge on any atom is -0.203 e. The lowest BCUT2D eigenvalue weighted by Gasteiger charge is -2.13. The van der Waals surface area contributed by atoms with Crippen molar-refractivity contribution >= 4 is 0 Å². The summed E-state index contributed by atoms with van der Waals surface area (Å²) in [5.74, 6) is -15.9. The molecule has 0 aliphatic heterocycles. The molecule has 0 unspecified atom stereocenters. The number of hydrogen-bond acceptors (Lipinski definition) is 3. The Morgan fingerprint density at radius 3 is 1.60 bits per heavy atom. The second kappa shape index (κ2) is 6.23. The summed E-state index contributed by atoms with van der Waals surface area (Å²) in [6, 6.07) is 1.34. The Bertz CT molecular complexity index is 847. The van der Waals surface area contributed by atoms with Gasteiger partial charge in [0, 0.05) is 0 Å². The second-order valence-electron chi connectivity index (χ2n) is 4.45. The van der Waals surface area contributed by atoms with Gasteiger partial charge in [-0.3, -0.25) is 0 Å². The molecule has 12 heteroatoms. The van der Waals surface area contributed by atoms with Crippen LogP contribution in [0.1, 0.15) is 11.1 Å². The Hall–Kier alpha value is -2.84. The van der Waals surface area contributed by atoms with E-state index in [0.717, 1.165) is 0 Å². The first-order valence-corrected chi connectivity index (χ1v) is 6.03. The molecule has 0 radical (unpaired) electrons. The van der Waals surface area contributed by atoms with E-state index in [1.165, 1.54) is 6.07 Å². The number of aromatic nitrogens is 2. The van der Waals surface area contributed by atoms with Crippen molar-refractivity contribution in [3.05, 3.63) is 46.3 Å². The summed E-state index contributed by atoms with van der Waals surface area (Å²) in [4.78, 5) is 5.51. The van der Waals surface area contributed by atoms with E-state index in [1.807, 2.05) is 0 Å². The highest BCUT2D eigenvalue weighted by Gasteiger charge is 2.43. The van der Waals surface area contributed by atoms with Gasteiger partial charge >= 0.3 is 6.18 Å². The van der Waals surface area contributed by atoms with Gasteiger partial charge in [0.25, 0.3) is 0 Å². The molecule has 0 atom stereocenters. The van der Waals surface area contributed by atoms with E-state index >= 15 is 0 Å². The molecule has 0 fully saturated rings. The van der Waals surface area contributed by atoms with Gasteiger partial charge in [-0.15, -0.1) is 0 Å². The summed E-state index contributed by atoms with van der Waals surface area (Å²) in [5.41, 5.74) is -5.78. The van der Waals surface area contributed by atoms with E-state index in [9.17, 15) is 39.5 Å². The highest BCUT2D eigenvalue weighted by Crippen LogP contribution is 2.39. The fourth-order valence-corrected chi connectivity index (χ4v) is 1.84. The van der Waals surface area contributed by atoms with E-state index in [1.54, 1.807) is 0 Å². The fraction of sp³-hybridized carbons (Fsp3) is 0.154. The first-order chi connectivity index (χ1) is 11.5. The van der Waals surface area contributed by atoms with Gasteiger partial charge in [0.2, 0.25) is 11.9 Å². The molecule has 0 aliphatic carbocycles. The zero-order chi connectivity index (χ0) is 19.1. The van der Waals surface area contributed by atoms with Gasteiger partial charge in [-0.25, -0.2) is 17.6 Å². The second-order valence-corrected chi connectivity index (χ2v) is 4.45. The summed E-state index contributed by atoms with van der Waals surface area (Å²) in [5, 5.41) is 8.36. The molecule has 3 nitrogen and oxygen atoms in total. The minimum atomic E-state index is -5.78. The lowest BCUT2D eigenvalue weighted by atomic mass is 10.1. The van der Waals surface area contributed by atoms with Crippen LogP contribution in [0.5, 0.6) is 0 Å². The van der Waals surface area contributed by atoms with Gasteiger partial charge in [-0.1, -0.05) is 0 Å². The molecular weight excluding hydrogens is 369 g/mol. The Morgan fingerprint density at radius 2 is 1.24 bits per heavy atom. The lowest BCUT2D eigenvalue weighted by Crippen LogP contribution is -2.17. The molecule has 2 aromatic rings. The molecule has 0 aliphatic rings. The SMILES string of the molecule is N#CCc1c(F)nc(-c2c(F)c(F)c(C(F)(F)F)c(F)c2F)nc1F.